The molecule has 1 aromatic carbocycles. The first-order chi connectivity index (χ1) is 12.4. The summed E-state index contributed by atoms with van der Waals surface area (Å²) < 4.78 is 0. The van der Waals surface area contributed by atoms with Crippen molar-refractivity contribution >= 4 is 11.8 Å². The monoisotopic (exact) mass is 358 g/mol. The molecule has 1 saturated heterocycles. The van der Waals surface area contributed by atoms with Crippen LogP contribution in [0.3, 0.4) is 0 Å². The third-order valence-electron chi connectivity index (χ3n) is 5.57. The van der Waals surface area contributed by atoms with Gasteiger partial charge in [0.2, 0.25) is 11.8 Å². The number of amides is 2. The molecule has 1 aromatic rings. The van der Waals surface area contributed by atoms with Gasteiger partial charge in [0.15, 0.2) is 0 Å². The van der Waals surface area contributed by atoms with Crippen LogP contribution >= 0.6 is 0 Å². The molecule has 144 valence electrons. The molecule has 4 heteroatoms. The van der Waals surface area contributed by atoms with Gasteiger partial charge in [-0.1, -0.05) is 57.5 Å². The van der Waals surface area contributed by atoms with Crippen LogP contribution in [0.25, 0.3) is 0 Å². The summed E-state index contributed by atoms with van der Waals surface area (Å²) in [5.41, 5.74) is 7.02. The van der Waals surface area contributed by atoms with Gasteiger partial charge in [-0.2, -0.15) is 0 Å². The number of hydrogen-bond donors (Lipinski definition) is 1. The minimum atomic E-state index is -0.346. The van der Waals surface area contributed by atoms with Crippen molar-refractivity contribution in [3.63, 3.8) is 0 Å². The van der Waals surface area contributed by atoms with E-state index in [0.29, 0.717) is 18.3 Å². The van der Waals surface area contributed by atoms with Crippen LogP contribution in [0.2, 0.25) is 0 Å². The Hall–Kier alpha value is -1.84. The molecule has 0 saturated carbocycles. The maximum absolute atomic E-state index is 13.2. The summed E-state index contributed by atoms with van der Waals surface area (Å²) in [6.45, 7) is 7.78. The van der Waals surface area contributed by atoms with Crippen LogP contribution in [0.5, 0.6) is 0 Å². The zero-order valence-corrected chi connectivity index (χ0v) is 16.5. The highest BCUT2D eigenvalue weighted by Crippen LogP contribution is 2.31. The van der Waals surface area contributed by atoms with E-state index >= 15 is 0 Å². The molecule has 1 aliphatic rings. The van der Waals surface area contributed by atoms with Crippen molar-refractivity contribution in [3.05, 3.63) is 35.9 Å². The molecule has 2 rings (SSSR count). The highest BCUT2D eigenvalue weighted by atomic mass is 16.2. The Morgan fingerprint density at radius 2 is 1.73 bits per heavy atom. The second-order valence-electron chi connectivity index (χ2n) is 8.04. The van der Waals surface area contributed by atoms with Gasteiger partial charge in [-0.3, -0.25) is 9.59 Å². The average Bonchev–Trinajstić information content (AvgIpc) is 2.64. The van der Waals surface area contributed by atoms with Gasteiger partial charge in [-0.15, -0.1) is 0 Å². The lowest BCUT2D eigenvalue weighted by Gasteiger charge is -2.36. The lowest BCUT2D eigenvalue weighted by Crippen LogP contribution is -2.46. The lowest BCUT2D eigenvalue weighted by atomic mass is 9.80. The molecule has 0 aromatic heterocycles. The van der Waals surface area contributed by atoms with Gasteiger partial charge in [0.05, 0.1) is 0 Å². The zero-order valence-electron chi connectivity index (χ0n) is 16.5. The van der Waals surface area contributed by atoms with Crippen molar-refractivity contribution in [1.29, 1.82) is 0 Å². The van der Waals surface area contributed by atoms with Crippen molar-refractivity contribution in [2.24, 2.45) is 23.5 Å². The van der Waals surface area contributed by atoms with E-state index < -0.39 is 0 Å². The first-order valence-corrected chi connectivity index (χ1v) is 10.1. The van der Waals surface area contributed by atoms with Gasteiger partial charge in [0.1, 0.15) is 0 Å². The predicted octanol–water partition coefficient (Wildman–Crippen LogP) is 3.96. The van der Waals surface area contributed by atoms with Crippen molar-refractivity contribution in [2.45, 2.75) is 58.8 Å². The van der Waals surface area contributed by atoms with Crippen molar-refractivity contribution in [3.8, 4) is 0 Å². The van der Waals surface area contributed by atoms with Crippen LogP contribution in [0.15, 0.2) is 30.3 Å². The molecular formula is C22H34N2O2. The number of rotatable bonds is 8. The Kier molecular flexibility index (Phi) is 7.67. The quantitative estimate of drug-likeness (QED) is 0.764. The fraction of sp³-hybridized carbons (Fsp3) is 0.636. The fourth-order valence-corrected chi connectivity index (χ4v) is 4.19. The molecule has 0 aliphatic carbocycles. The van der Waals surface area contributed by atoms with E-state index in [4.69, 9.17) is 5.73 Å². The van der Waals surface area contributed by atoms with Crippen molar-refractivity contribution < 1.29 is 9.59 Å². The highest BCUT2D eigenvalue weighted by Gasteiger charge is 2.36. The van der Waals surface area contributed by atoms with E-state index in [0.717, 1.165) is 38.8 Å². The van der Waals surface area contributed by atoms with Crippen LogP contribution in [-0.4, -0.2) is 29.8 Å². The van der Waals surface area contributed by atoms with Crippen molar-refractivity contribution in [2.75, 3.05) is 13.1 Å². The zero-order chi connectivity index (χ0) is 19.1. The van der Waals surface area contributed by atoms with Gasteiger partial charge in [0, 0.05) is 24.9 Å². The summed E-state index contributed by atoms with van der Waals surface area (Å²) in [6, 6.07) is 10.5. The van der Waals surface area contributed by atoms with Crippen molar-refractivity contribution in [1.82, 2.24) is 4.90 Å². The first-order valence-electron chi connectivity index (χ1n) is 10.1. The molecule has 1 heterocycles. The Bertz CT molecular complexity index is 577. The minimum absolute atomic E-state index is 0.127. The van der Waals surface area contributed by atoms with Gasteiger partial charge in [-0.25, -0.2) is 0 Å². The fourth-order valence-electron chi connectivity index (χ4n) is 4.19. The largest absolute Gasteiger partial charge is 0.369 e. The number of hydrogen-bond acceptors (Lipinski definition) is 2. The van der Waals surface area contributed by atoms with E-state index in [-0.39, 0.29) is 23.7 Å². The Labute approximate surface area is 158 Å². The average molecular weight is 359 g/mol. The lowest BCUT2D eigenvalue weighted by molar-refractivity contribution is -0.143. The molecule has 0 radical (unpaired) electrons. The first kappa shape index (κ1) is 20.5. The van der Waals surface area contributed by atoms with Crippen LogP contribution in [0, 0.1) is 17.8 Å². The van der Waals surface area contributed by atoms with Crippen LogP contribution in [-0.2, 0) is 9.59 Å². The molecule has 2 N–H and O–H groups in total. The predicted molar refractivity (Wildman–Crippen MR) is 106 cm³/mol. The number of benzene rings is 1. The van der Waals surface area contributed by atoms with Crippen LogP contribution in [0.4, 0.5) is 0 Å². The van der Waals surface area contributed by atoms with Gasteiger partial charge >= 0.3 is 0 Å². The molecule has 2 amide bonds. The Morgan fingerprint density at radius 1 is 1.12 bits per heavy atom. The molecule has 2 unspecified atom stereocenters. The van der Waals surface area contributed by atoms with Crippen LogP contribution < -0.4 is 5.73 Å². The second-order valence-corrected chi connectivity index (χ2v) is 8.04. The van der Waals surface area contributed by atoms with Gasteiger partial charge in [-0.05, 0) is 43.1 Å². The van der Waals surface area contributed by atoms with E-state index in [2.05, 4.69) is 38.1 Å². The van der Waals surface area contributed by atoms with Gasteiger partial charge < -0.3 is 10.6 Å². The number of nitrogens with two attached hydrogens (primary N) is 1. The topological polar surface area (TPSA) is 63.4 Å². The molecule has 2 atom stereocenters. The third-order valence-corrected chi connectivity index (χ3v) is 5.57. The summed E-state index contributed by atoms with van der Waals surface area (Å²) >= 11 is 0. The SMILES string of the molecule is CCCC(C(N)=O)C(CC(C)C)C(=O)N1CCC(c2ccccc2)CC1. The molecule has 0 spiro atoms. The standard InChI is InChI=1S/C22H34N2O2/c1-4-8-19(21(23)25)20(15-16(2)3)22(26)24-13-11-18(12-14-24)17-9-6-5-7-10-17/h5-7,9-10,16,18-20H,4,8,11-15H2,1-3H3,(H2,23,25). The number of nitrogens with zero attached hydrogens (tertiary/aromatic N) is 1. The number of primary amides is 1. The summed E-state index contributed by atoms with van der Waals surface area (Å²) in [7, 11) is 0. The summed E-state index contributed by atoms with van der Waals surface area (Å²) in [4.78, 5) is 27.2. The van der Waals surface area contributed by atoms with E-state index in [1.807, 2.05) is 17.9 Å². The van der Waals surface area contributed by atoms with Crippen LogP contribution in [0.1, 0.15) is 64.4 Å². The van der Waals surface area contributed by atoms with E-state index in [1.165, 1.54) is 5.56 Å². The smallest absolute Gasteiger partial charge is 0.226 e. The normalized spacial score (nSPS) is 17.9. The summed E-state index contributed by atoms with van der Waals surface area (Å²) in [6.07, 6.45) is 4.26. The third kappa shape index (κ3) is 5.33. The second kappa shape index (κ2) is 9.75. The number of carbonyl (C=O) groups is 2. The minimum Gasteiger partial charge on any atom is -0.369 e. The number of likely N-dealkylation sites (tertiary alicyclic amines) is 1. The molecule has 4 nitrogen and oxygen atoms in total. The number of piperidine rings is 1. The maximum atomic E-state index is 13.2. The summed E-state index contributed by atoms with van der Waals surface area (Å²) in [5.74, 6) is 0.0610. The Morgan fingerprint density at radius 3 is 2.23 bits per heavy atom. The molecule has 1 aliphatic heterocycles. The molecule has 26 heavy (non-hydrogen) atoms. The molecular weight excluding hydrogens is 324 g/mol. The van der Waals surface area contributed by atoms with E-state index in [1.54, 1.807) is 0 Å². The van der Waals surface area contributed by atoms with Gasteiger partial charge in [0.25, 0.3) is 0 Å². The van der Waals surface area contributed by atoms with E-state index in [9.17, 15) is 9.59 Å². The number of carbonyl (C=O) groups excluding carboxylic acids is 2. The maximum Gasteiger partial charge on any atom is 0.226 e. The Balaban J connectivity index is 2.05. The molecule has 1 fully saturated rings. The highest BCUT2D eigenvalue weighted by molar-refractivity contribution is 5.87. The molecule has 0 bridgehead atoms. The summed E-state index contributed by atoms with van der Waals surface area (Å²) in [5, 5.41) is 0.